The fourth-order valence-electron chi connectivity index (χ4n) is 0.869. The molecule has 0 saturated carbocycles. The Morgan fingerprint density at radius 1 is 1.53 bits per heavy atom. The van der Waals surface area contributed by atoms with Gasteiger partial charge in [0.1, 0.15) is 0 Å². The summed E-state index contributed by atoms with van der Waals surface area (Å²) in [5.41, 5.74) is -1.57. The fourth-order valence-corrected chi connectivity index (χ4v) is 1.29. The summed E-state index contributed by atoms with van der Waals surface area (Å²) in [6, 6.07) is 0. The van der Waals surface area contributed by atoms with Crippen molar-refractivity contribution in [2.45, 2.75) is 25.9 Å². The lowest BCUT2D eigenvalue weighted by atomic mass is 9.88. The van der Waals surface area contributed by atoms with Gasteiger partial charge >= 0.3 is 13.8 Å². The molecule has 0 aliphatic heterocycles. The van der Waals surface area contributed by atoms with E-state index in [0.29, 0.717) is 0 Å². The van der Waals surface area contributed by atoms with Crippen LogP contribution in [0.2, 0.25) is 0 Å². The van der Waals surface area contributed by atoms with Gasteiger partial charge in [-0.15, -0.1) is 0 Å². The first-order valence-corrected chi connectivity index (χ1v) is 5.72. The number of aliphatic hydroxyl groups is 1. The first-order valence-electron chi connectivity index (χ1n) is 4.19. The van der Waals surface area contributed by atoms with Gasteiger partial charge in [0, 0.05) is 5.92 Å². The normalized spacial score (nSPS) is 18.2. The second kappa shape index (κ2) is 5.05. The molecule has 8 heteroatoms. The Morgan fingerprint density at radius 3 is 2.33 bits per heavy atom. The summed E-state index contributed by atoms with van der Waals surface area (Å²) in [4.78, 5) is 27.2. The lowest BCUT2D eigenvalue weighted by Gasteiger charge is -2.28. The Kier molecular flexibility index (Phi) is 4.89. The first-order chi connectivity index (χ1) is 6.54. The molecule has 0 aliphatic rings. The van der Waals surface area contributed by atoms with Gasteiger partial charge < -0.3 is 20.0 Å². The van der Waals surface area contributed by atoms with Gasteiger partial charge in [0.2, 0.25) is 0 Å². The van der Waals surface area contributed by atoms with Crippen molar-refractivity contribution < 1.29 is 33.9 Å². The molecule has 0 rings (SSSR count). The van der Waals surface area contributed by atoms with Gasteiger partial charge in [0.15, 0.2) is 0 Å². The Bertz CT molecular complexity index is 269. The molecule has 2 atom stereocenters. The quantitative estimate of drug-likeness (QED) is 0.481. The van der Waals surface area contributed by atoms with E-state index in [1.807, 2.05) is 0 Å². The maximum Gasteiger partial charge on any atom is 0.469 e. The molecule has 0 amide bonds. The first kappa shape index (κ1) is 14.5. The van der Waals surface area contributed by atoms with E-state index in [0.717, 1.165) is 0 Å². The Morgan fingerprint density at radius 2 is 2.00 bits per heavy atom. The largest absolute Gasteiger partial charge is 0.481 e. The minimum absolute atomic E-state index is 0.412. The van der Waals surface area contributed by atoms with E-state index in [9.17, 15) is 14.5 Å². The van der Waals surface area contributed by atoms with Gasteiger partial charge in [0.05, 0.1) is 18.6 Å². The molecular weight excluding hydrogens is 227 g/mol. The van der Waals surface area contributed by atoms with Crippen molar-refractivity contribution in [1.82, 2.24) is 0 Å². The standard InChI is InChI=1S/C7H15O7P/c1-5(4-14-15(11,12)13)7(2,10)3-6(8)9/h5,10H,3-4H2,1-2H3,(H,8,9)(H2,11,12,13)/t5?,7-/m0/s1. The summed E-state index contributed by atoms with van der Waals surface area (Å²) in [7, 11) is -4.58. The van der Waals surface area contributed by atoms with Crippen molar-refractivity contribution in [2.24, 2.45) is 5.92 Å². The molecule has 0 radical (unpaired) electrons. The van der Waals surface area contributed by atoms with Crippen LogP contribution in [0.5, 0.6) is 0 Å². The number of carboxylic acids is 1. The molecule has 1 unspecified atom stereocenters. The Labute approximate surface area is 86.9 Å². The van der Waals surface area contributed by atoms with Crippen molar-refractivity contribution in [3.05, 3.63) is 0 Å². The Balaban J connectivity index is 4.25. The van der Waals surface area contributed by atoms with E-state index in [1.54, 1.807) is 0 Å². The molecule has 0 saturated heterocycles. The van der Waals surface area contributed by atoms with Crippen LogP contribution in [0.15, 0.2) is 0 Å². The third-order valence-corrected chi connectivity index (χ3v) is 2.55. The average molecular weight is 242 g/mol. The molecule has 0 aromatic heterocycles. The summed E-state index contributed by atoms with van der Waals surface area (Å²) in [6.07, 6.45) is -0.515. The van der Waals surface area contributed by atoms with Gasteiger partial charge in [-0.2, -0.15) is 0 Å². The van der Waals surface area contributed by atoms with Crippen LogP contribution in [-0.4, -0.2) is 38.2 Å². The smallest absolute Gasteiger partial charge is 0.469 e. The van der Waals surface area contributed by atoms with Crippen LogP contribution < -0.4 is 0 Å². The van der Waals surface area contributed by atoms with Crippen LogP contribution in [0, 0.1) is 5.92 Å². The van der Waals surface area contributed by atoms with E-state index in [1.165, 1.54) is 13.8 Å². The molecule has 0 spiro atoms. The molecule has 90 valence electrons. The molecule has 0 aliphatic carbocycles. The number of hydrogen-bond acceptors (Lipinski definition) is 4. The topological polar surface area (TPSA) is 124 Å². The molecule has 4 N–H and O–H groups in total. The van der Waals surface area contributed by atoms with Crippen LogP contribution >= 0.6 is 7.82 Å². The van der Waals surface area contributed by atoms with Crippen LogP contribution in [0.25, 0.3) is 0 Å². The number of carbonyl (C=O) groups is 1. The fraction of sp³-hybridized carbons (Fsp3) is 0.857. The second-order valence-electron chi connectivity index (χ2n) is 3.62. The predicted molar refractivity (Wildman–Crippen MR) is 50.0 cm³/mol. The zero-order valence-electron chi connectivity index (χ0n) is 8.45. The molecule has 0 aromatic rings. The van der Waals surface area contributed by atoms with E-state index < -0.39 is 38.3 Å². The molecule has 0 bridgehead atoms. The van der Waals surface area contributed by atoms with Gasteiger partial charge in [-0.25, -0.2) is 4.57 Å². The van der Waals surface area contributed by atoms with Gasteiger partial charge in [-0.3, -0.25) is 9.32 Å². The summed E-state index contributed by atoms with van der Waals surface area (Å²) >= 11 is 0. The lowest BCUT2D eigenvalue weighted by molar-refractivity contribution is -0.144. The maximum absolute atomic E-state index is 10.4. The zero-order valence-corrected chi connectivity index (χ0v) is 9.35. The van der Waals surface area contributed by atoms with Crippen molar-refractivity contribution in [3.8, 4) is 0 Å². The SMILES string of the molecule is CC(COP(=O)(O)O)[C@@](C)(O)CC(=O)O. The lowest BCUT2D eigenvalue weighted by Crippen LogP contribution is -2.37. The number of phosphoric ester groups is 1. The molecule has 7 nitrogen and oxygen atoms in total. The minimum atomic E-state index is -4.58. The highest BCUT2D eigenvalue weighted by molar-refractivity contribution is 7.46. The number of carboxylic acid groups (broad SMARTS) is 1. The number of hydrogen-bond donors (Lipinski definition) is 4. The maximum atomic E-state index is 10.4. The third kappa shape index (κ3) is 6.59. The minimum Gasteiger partial charge on any atom is -0.481 e. The number of rotatable bonds is 6. The van der Waals surface area contributed by atoms with Crippen LogP contribution in [0.4, 0.5) is 0 Å². The Hall–Kier alpha value is -0.460. The van der Waals surface area contributed by atoms with E-state index in [-0.39, 0.29) is 0 Å². The highest BCUT2D eigenvalue weighted by atomic mass is 31.2. The van der Waals surface area contributed by atoms with Crippen LogP contribution in [-0.2, 0) is 13.9 Å². The van der Waals surface area contributed by atoms with Crippen LogP contribution in [0.3, 0.4) is 0 Å². The van der Waals surface area contributed by atoms with E-state index in [2.05, 4.69) is 4.52 Å². The summed E-state index contributed by atoms with van der Waals surface area (Å²) in [5, 5.41) is 18.1. The summed E-state index contributed by atoms with van der Waals surface area (Å²) < 4.78 is 14.5. The van der Waals surface area contributed by atoms with Crippen molar-refractivity contribution in [2.75, 3.05) is 6.61 Å². The average Bonchev–Trinajstić information content (AvgIpc) is 1.95. The van der Waals surface area contributed by atoms with Gasteiger partial charge in [-0.05, 0) is 6.92 Å². The second-order valence-corrected chi connectivity index (χ2v) is 4.85. The highest BCUT2D eigenvalue weighted by Crippen LogP contribution is 2.37. The van der Waals surface area contributed by atoms with Crippen LogP contribution in [0.1, 0.15) is 20.3 Å². The zero-order chi connectivity index (χ0) is 12.3. The molecule has 0 heterocycles. The molecular formula is C7H15O7P. The van der Waals surface area contributed by atoms with Crippen molar-refractivity contribution >= 4 is 13.8 Å². The number of phosphoric acid groups is 1. The van der Waals surface area contributed by atoms with E-state index in [4.69, 9.17) is 14.9 Å². The highest BCUT2D eigenvalue weighted by Gasteiger charge is 2.32. The van der Waals surface area contributed by atoms with Crippen molar-refractivity contribution in [3.63, 3.8) is 0 Å². The van der Waals surface area contributed by atoms with E-state index >= 15 is 0 Å². The summed E-state index contributed by atoms with van der Waals surface area (Å²) in [5.74, 6) is -1.90. The third-order valence-electron chi connectivity index (χ3n) is 2.06. The monoisotopic (exact) mass is 242 g/mol. The van der Waals surface area contributed by atoms with Crippen molar-refractivity contribution in [1.29, 1.82) is 0 Å². The predicted octanol–water partition coefficient (Wildman–Crippen LogP) is -0.0425. The number of aliphatic carboxylic acids is 1. The molecule has 15 heavy (non-hydrogen) atoms. The van der Waals surface area contributed by atoms with Gasteiger partial charge in [-0.1, -0.05) is 6.92 Å². The van der Waals surface area contributed by atoms with Gasteiger partial charge in [0.25, 0.3) is 0 Å². The summed E-state index contributed by atoms with van der Waals surface area (Å²) in [6.45, 7) is 2.30. The molecule has 0 fully saturated rings. The molecule has 0 aromatic carbocycles.